The van der Waals surface area contributed by atoms with Crippen molar-refractivity contribution in [3.8, 4) is 0 Å². The van der Waals surface area contributed by atoms with E-state index >= 15 is 0 Å². The lowest BCUT2D eigenvalue weighted by atomic mass is 10.6. The maximum atomic E-state index is 9.18. The van der Waals surface area contributed by atoms with E-state index in [1.165, 1.54) is 6.42 Å². The summed E-state index contributed by atoms with van der Waals surface area (Å²) >= 11 is 1.63. The molecule has 0 atom stereocenters. The molecule has 1 N–H and O–H groups in total. The first-order valence-corrected chi connectivity index (χ1v) is 6.19. The van der Waals surface area contributed by atoms with Crippen molar-refractivity contribution in [3.05, 3.63) is 11.1 Å². The zero-order chi connectivity index (χ0) is 12.8. The topological polar surface area (TPSA) is 51.2 Å². The van der Waals surface area contributed by atoms with Crippen LogP contribution in [0.5, 0.6) is 0 Å². The van der Waals surface area contributed by atoms with Gasteiger partial charge in [-0.3, -0.25) is 4.79 Å². The summed E-state index contributed by atoms with van der Waals surface area (Å²) in [6, 6.07) is 0. The van der Waals surface area contributed by atoms with Gasteiger partial charge in [0.2, 0.25) is 0 Å². The first-order chi connectivity index (χ1) is 7.65. The van der Waals surface area contributed by atoms with Gasteiger partial charge < -0.3 is 10.1 Å². The number of nitrogens with zero attached hydrogens (tertiary/aromatic N) is 1. The van der Waals surface area contributed by atoms with Crippen LogP contribution >= 0.6 is 11.3 Å². The second-order valence-corrected chi connectivity index (χ2v) is 3.66. The van der Waals surface area contributed by atoms with Crippen LogP contribution in [0.15, 0.2) is 5.38 Å². The van der Waals surface area contributed by atoms with Crippen LogP contribution in [-0.4, -0.2) is 25.1 Å². The molecule has 0 aliphatic carbocycles. The van der Waals surface area contributed by atoms with Crippen LogP contribution in [0.4, 0.5) is 5.13 Å². The van der Waals surface area contributed by atoms with E-state index in [0.717, 1.165) is 10.8 Å². The zero-order valence-corrected chi connectivity index (χ0v) is 11.6. The van der Waals surface area contributed by atoms with Gasteiger partial charge in [-0.1, -0.05) is 20.3 Å². The molecule has 0 aliphatic rings. The average Bonchev–Trinajstić information content (AvgIpc) is 2.67. The maximum absolute atomic E-state index is 9.18. The molecule has 4 nitrogen and oxygen atoms in total. The molecule has 0 amide bonds. The van der Waals surface area contributed by atoms with Gasteiger partial charge >= 0.3 is 0 Å². The number of nitrogens with one attached hydrogen (secondary N) is 1. The van der Waals surface area contributed by atoms with Gasteiger partial charge in [0.15, 0.2) is 5.13 Å². The van der Waals surface area contributed by atoms with Crippen molar-refractivity contribution in [3.63, 3.8) is 0 Å². The second kappa shape index (κ2) is 13.9. The third kappa shape index (κ3) is 12.9. The molecule has 0 aromatic carbocycles. The van der Waals surface area contributed by atoms with Crippen molar-refractivity contribution < 1.29 is 9.53 Å². The lowest BCUT2D eigenvalue weighted by Gasteiger charge is -1.85. The monoisotopic (exact) mass is 246 g/mol. The van der Waals surface area contributed by atoms with Gasteiger partial charge in [-0.05, 0) is 13.8 Å². The number of aromatic nitrogens is 1. The van der Waals surface area contributed by atoms with Gasteiger partial charge in [-0.15, -0.1) is 11.3 Å². The highest BCUT2D eigenvalue weighted by molar-refractivity contribution is 7.13. The van der Waals surface area contributed by atoms with Gasteiger partial charge in [0.05, 0.1) is 12.3 Å². The highest BCUT2D eigenvalue weighted by Gasteiger charge is 1.90. The molecule has 0 saturated heterocycles. The molecule has 0 unspecified atom stereocenters. The van der Waals surface area contributed by atoms with Gasteiger partial charge in [-0.2, -0.15) is 0 Å². The number of ether oxygens (including phenoxy) is 1. The number of carbonyl (C=O) groups excluding carboxylic acids is 1. The van der Waals surface area contributed by atoms with E-state index in [1.807, 2.05) is 19.4 Å². The smallest absolute Gasteiger partial charge is 0.293 e. The molecule has 1 aromatic rings. The Labute approximate surface area is 102 Å². The molecule has 1 rings (SSSR count). The Bertz CT molecular complexity index is 252. The minimum Gasteiger partial charge on any atom is -0.468 e. The van der Waals surface area contributed by atoms with E-state index in [4.69, 9.17) is 0 Å². The number of hydrogen-bond acceptors (Lipinski definition) is 5. The summed E-state index contributed by atoms with van der Waals surface area (Å²) < 4.78 is 4.15. The van der Waals surface area contributed by atoms with Crippen molar-refractivity contribution in [2.75, 3.05) is 19.0 Å². The Hall–Kier alpha value is -1.10. The van der Waals surface area contributed by atoms with Crippen molar-refractivity contribution in [2.45, 2.75) is 34.1 Å². The van der Waals surface area contributed by atoms with Crippen LogP contribution < -0.4 is 5.32 Å². The van der Waals surface area contributed by atoms with Gasteiger partial charge in [-0.25, -0.2) is 4.98 Å². The zero-order valence-electron chi connectivity index (χ0n) is 10.7. The molecular formula is C11H22N2O2S. The van der Waals surface area contributed by atoms with Gasteiger partial charge in [0.1, 0.15) is 0 Å². The predicted molar refractivity (Wildman–Crippen MR) is 70.1 cm³/mol. The second-order valence-electron chi connectivity index (χ2n) is 2.80. The molecule has 94 valence electrons. The third-order valence-corrected chi connectivity index (χ3v) is 2.05. The highest BCUT2D eigenvalue weighted by atomic mass is 32.1. The molecule has 0 spiro atoms. The summed E-state index contributed by atoms with van der Waals surface area (Å²) in [5, 5.41) is 5.96. The molecule has 0 bridgehead atoms. The first kappa shape index (κ1) is 17.3. The van der Waals surface area contributed by atoms with Crippen LogP contribution in [0.2, 0.25) is 0 Å². The van der Waals surface area contributed by atoms with Gasteiger partial charge in [0, 0.05) is 12.4 Å². The summed E-state index contributed by atoms with van der Waals surface area (Å²) in [5.74, 6) is 0. The Balaban J connectivity index is 0. The normalized spacial score (nSPS) is 7.81. The summed E-state index contributed by atoms with van der Waals surface area (Å²) in [7, 11) is 1.87. The third-order valence-electron chi connectivity index (χ3n) is 1.07. The van der Waals surface area contributed by atoms with E-state index in [0.29, 0.717) is 13.1 Å². The Morgan fingerprint density at radius 2 is 2.06 bits per heavy atom. The van der Waals surface area contributed by atoms with E-state index in [9.17, 15) is 4.79 Å². The summed E-state index contributed by atoms with van der Waals surface area (Å²) in [6.45, 7) is 8.90. The quantitative estimate of drug-likeness (QED) is 0.833. The average molecular weight is 246 g/mol. The summed E-state index contributed by atoms with van der Waals surface area (Å²) in [5.41, 5.74) is 1.08. The van der Waals surface area contributed by atoms with Crippen molar-refractivity contribution >= 4 is 22.9 Å². The predicted octanol–water partition coefficient (Wildman–Crippen LogP) is 3.09. The SMILES string of the molecule is CCC.CCOC=O.CNc1nc(C)cs1. The largest absolute Gasteiger partial charge is 0.468 e. The lowest BCUT2D eigenvalue weighted by Crippen LogP contribution is -1.84. The molecule has 16 heavy (non-hydrogen) atoms. The van der Waals surface area contributed by atoms with Crippen LogP contribution in [0, 0.1) is 6.92 Å². The number of hydrogen-bond donors (Lipinski definition) is 1. The van der Waals surface area contributed by atoms with Crippen molar-refractivity contribution in [2.24, 2.45) is 0 Å². The van der Waals surface area contributed by atoms with Crippen molar-refractivity contribution in [1.29, 1.82) is 0 Å². The standard InChI is InChI=1S/C5H8N2S.C3H6O2.C3H8/c1-4-3-8-5(6-2)7-4;1-2-5-3-4;1-3-2/h3H,1-2H3,(H,6,7);3H,2H2,1H3;3H2,1-2H3. The maximum Gasteiger partial charge on any atom is 0.293 e. The molecule has 1 heterocycles. The van der Waals surface area contributed by atoms with Crippen LogP contribution in [0.1, 0.15) is 32.9 Å². The molecule has 5 heteroatoms. The Morgan fingerprint density at radius 3 is 2.19 bits per heavy atom. The molecule has 0 saturated carbocycles. The minimum absolute atomic E-state index is 0.431. The summed E-state index contributed by atoms with van der Waals surface area (Å²) in [6.07, 6.45) is 1.25. The number of aryl methyl sites for hydroxylation is 1. The number of thiazole rings is 1. The Morgan fingerprint density at radius 1 is 1.50 bits per heavy atom. The fraction of sp³-hybridized carbons (Fsp3) is 0.636. The minimum atomic E-state index is 0.431. The van der Waals surface area contributed by atoms with E-state index in [-0.39, 0.29) is 0 Å². The number of rotatable bonds is 3. The fourth-order valence-electron chi connectivity index (χ4n) is 0.537. The summed E-state index contributed by atoms with van der Waals surface area (Å²) in [4.78, 5) is 13.3. The van der Waals surface area contributed by atoms with Crippen molar-refractivity contribution in [1.82, 2.24) is 4.98 Å². The molecule has 0 fully saturated rings. The Kier molecular flexibility index (Phi) is 15.0. The molecular weight excluding hydrogens is 224 g/mol. The molecule has 0 aliphatic heterocycles. The highest BCUT2D eigenvalue weighted by Crippen LogP contribution is 2.12. The van der Waals surface area contributed by atoms with E-state index < -0.39 is 0 Å². The number of anilines is 1. The molecule has 0 radical (unpaired) electrons. The van der Waals surface area contributed by atoms with Crippen LogP contribution in [-0.2, 0) is 9.53 Å². The van der Waals surface area contributed by atoms with Crippen LogP contribution in [0.25, 0.3) is 0 Å². The number of carbonyl (C=O) groups is 1. The van der Waals surface area contributed by atoms with E-state index in [1.54, 1.807) is 18.3 Å². The first-order valence-electron chi connectivity index (χ1n) is 5.31. The van der Waals surface area contributed by atoms with Gasteiger partial charge in [0.25, 0.3) is 6.47 Å². The lowest BCUT2D eigenvalue weighted by molar-refractivity contribution is -0.128. The van der Waals surface area contributed by atoms with Crippen LogP contribution in [0.3, 0.4) is 0 Å². The molecule has 1 aromatic heterocycles. The van der Waals surface area contributed by atoms with E-state index in [2.05, 4.69) is 28.9 Å². The fourth-order valence-corrected chi connectivity index (χ4v) is 1.19.